The van der Waals surface area contributed by atoms with Crippen LogP contribution in [-0.2, 0) is 26.2 Å². The molecule has 0 saturated heterocycles. The Labute approximate surface area is 228 Å². The van der Waals surface area contributed by atoms with Crippen molar-refractivity contribution in [3.8, 4) is 0 Å². The fraction of sp³-hybridized carbons (Fsp3) is 0.286. The molecular weight excluding hydrogens is 520 g/mol. The largest absolute Gasteiger partial charge is 0.354 e. The van der Waals surface area contributed by atoms with Crippen molar-refractivity contribution < 1.29 is 22.9 Å². The van der Waals surface area contributed by atoms with Crippen molar-refractivity contribution in [2.45, 2.75) is 44.7 Å². The van der Waals surface area contributed by atoms with Crippen LogP contribution >= 0.6 is 0 Å². The molecule has 10 nitrogen and oxygen atoms in total. The zero-order valence-electron chi connectivity index (χ0n) is 22.1. The molecule has 1 N–H and O–H groups in total. The number of benzene rings is 3. The van der Waals surface area contributed by atoms with E-state index in [1.165, 1.54) is 41.3 Å². The summed E-state index contributed by atoms with van der Waals surface area (Å²) < 4.78 is 28.3. The third kappa shape index (κ3) is 7.20. The lowest BCUT2D eigenvalue weighted by Gasteiger charge is -2.32. The van der Waals surface area contributed by atoms with E-state index in [0.717, 1.165) is 15.4 Å². The number of sulfonamides is 1. The van der Waals surface area contributed by atoms with Gasteiger partial charge in [0.15, 0.2) is 0 Å². The van der Waals surface area contributed by atoms with Crippen LogP contribution in [0.5, 0.6) is 0 Å². The highest BCUT2D eigenvalue weighted by Gasteiger charge is 2.32. The summed E-state index contributed by atoms with van der Waals surface area (Å²) in [5, 5.41) is 14.0. The number of anilines is 1. The molecule has 2 amide bonds. The second-order valence-electron chi connectivity index (χ2n) is 9.01. The van der Waals surface area contributed by atoms with Crippen LogP contribution in [0.25, 0.3) is 0 Å². The van der Waals surface area contributed by atoms with E-state index in [1.54, 1.807) is 25.1 Å². The van der Waals surface area contributed by atoms with Crippen molar-refractivity contribution in [2.24, 2.45) is 0 Å². The highest BCUT2D eigenvalue weighted by atomic mass is 32.2. The predicted molar refractivity (Wildman–Crippen MR) is 149 cm³/mol. The minimum Gasteiger partial charge on any atom is -0.354 e. The van der Waals surface area contributed by atoms with E-state index in [-0.39, 0.29) is 28.7 Å². The number of hydrogen-bond donors (Lipinski definition) is 1. The first-order chi connectivity index (χ1) is 18.6. The lowest BCUT2D eigenvalue weighted by Crippen LogP contribution is -2.51. The summed E-state index contributed by atoms with van der Waals surface area (Å²) in [7, 11) is -4.24. The van der Waals surface area contributed by atoms with Gasteiger partial charge in [0.1, 0.15) is 12.6 Å². The van der Waals surface area contributed by atoms with E-state index in [9.17, 15) is 28.1 Å². The molecule has 3 rings (SSSR count). The van der Waals surface area contributed by atoms with Crippen LogP contribution in [0.1, 0.15) is 31.4 Å². The van der Waals surface area contributed by atoms with Crippen molar-refractivity contribution >= 4 is 33.2 Å². The molecule has 0 aromatic heterocycles. The first-order valence-corrected chi connectivity index (χ1v) is 13.9. The lowest BCUT2D eigenvalue weighted by molar-refractivity contribution is -0.384. The molecular formula is C28H32N4O6S. The molecule has 0 aliphatic carbocycles. The minimum atomic E-state index is -4.24. The van der Waals surface area contributed by atoms with Gasteiger partial charge in [-0.2, -0.15) is 0 Å². The number of amides is 2. The van der Waals surface area contributed by atoms with E-state index < -0.39 is 33.4 Å². The number of carbonyl (C=O) groups excluding carboxylic acids is 2. The monoisotopic (exact) mass is 552 g/mol. The summed E-state index contributed by atoms with van der Waals surface area (Å²) in [6.07, 6.45) is 0.716. The van der Waals surface area contributed by atoms with E-state index in [1.807, 2.05) is 38.1 Å². The molecule has 0 aliphatic rings. The number of nitrogens with one attached hydrogen (secondary N) is 1. The second-order valence-corrected chi connectivity index (χ2v) is 10.9. The van der Waals surface area contributed by atoms with Gasteiger partial charge in [-0.15, -0.1) is 0 Å². The Morgan fingerprint density at radius 1 is 0.974 bits per heavy atom. The molecule has 0 fully saturated rings. The Kier molecular flexibility index (Phi) is 9.78. The van der Waals surface area contributed by atoms with Crippen LogP contribution in [0.4, 0.5) is 11.4 Å². The van der Waals surface area contributed by atoms with Crippen LogP contribution in [0.2, 0.25) is 0 Å². The molecule has 0 aliphatic heterocycles. The van der Waals surface area contributed by atoms with Crippen LogP contribution < -0.4 is 9.62 Å². The van der Waals surface area contributed by atoms with E-state index >= 15 is 0 Å². The topological polar surface area (TPSA) is 130 Å². The predicted octanol–water partition coefficient (Wildman–Crippen LogP) is 4.04. The molecule has 0 saturated carbocycles. The molecule has 3 aromatic rings. The van der Waals surface area contributed by atoms with Gasteiger partial charge in [-0.1, -0.05) is 49.4 Å². The molecule has 1 unspecified atom stereocenters. The van der Waals surface area contributed by atoms with Gasteiger partial charge in [0.2, 0.25) is 11.8 Å². The fourth-order valence-corrected chi connectivity index (χ4v) is 5.37. The summed E-state index contributed by atoms with van der Waals surface area (Å²) in [5.74, 6) is -0.957. The summed E-state index contributed by atoms with van der Waals surface area (Å²) in [6.45, 7) is 5.31. The summed E-state index contributed by atoms with van der Waals surface area (Å²) in [5.41, 5.74) is 1.59. The van der Waals surface area contributed by atoms with Crippen molar-refractivity contribution in [3.63, 3.8) is 0 Å². The zero-order valence-corrected chi connectivity index (χ0v) is 22.9. The molecule has 1 atom stereocenters. The third-order valence-corrected chi connectivity index (χ3v) is 8.07. The van der Waals surface area contributed by atoms with Gasteiger partial charge in [0.05, 0.1) is 15.5 Å². The number of rotatable bonds is 12. The molecule has 0 spiro atoms. The Balaban J connectivity index is 2.03. The SMILES string of the molecule is CCCNC(=O)C(C)N(Cc1ccccc1C)C(=O)CN(c1ccc([N+](=O)[O-])cc1)S(=O)(=O)c1ccccc1. The van der Waals surface area contributed by atoms with E-state index in [0.29, 0.717) is 13.0 Å². The van der Waals surface area contributed by atoms with Gasteiger partial charge >= 0.3 is 0 Å². The highest BCUT2D eigenvalue weighted by molar-refractivity contribution is 7.92. The number of nitrogens with zero attached hydrogens (tertiary/aromatic N) is 3. The molecule has 39 heavy (non-hydrogen) atoms. The van der Waals surface area contributed by atoms with Crippen LogP contribution in [-0.4, -0.2) is 49.2 Å². The number of nitro groups is 1. The number of hydrogen-bond acceptors (Lipinski definition) is 6. The first-order valence-electron chi connectivity index (χ1n) is 12.5. The van der Waals surface area contributed by atoms with Gasteiger partial charge < -0.3 is 10.2 Å². The Hall–Kier alpha value is -4.25. The molecule has 11 heteroatoms. The highest BCUT2D eigenvalue weighted by Crippen LogP contribution is 2.26. The van der Waals surface area contributed by atoms with Crippen LogP contribution in [0.15, 0.2) is 83.8 Å². The maximum Gasteiger partial charge on any atom is 0.269 e. The molecule has 206 valence electrons. The quantitative estimate of drug-likeness (QED) is 0.267. The summed E-state index contributed by atoms with van der Waals surface area (Å²) >= 11 is 0. The average molecular weight is 553 g/mol. The van der Waals surface area contributed by atoms with Crippen molar-refractivity contribution in [3.05, 3.63) is 100 Å². The van der Waals surface area contributed by atoms with Crippen LogP contribution in [0.3, 0.4) is 0 Å². The fourth-order valence-electron chi connectivity index (χ4n) is 3.94. The van der Waals surface area contributed by atoms with Gasteiger partial charge in [-0.3, -0.25) is 24.0 Å². The summed E-state index contributed by atoms with van der Waals surface area (Å²) in [6, 6.07) is 19.1. The minimum absolute atomic E-state index is 0.0460. The Bertz CT molecular complexity index is 1410. The number of carbonyl (C=O) groups is 2. The van der Waals surface area contributed by atoms with Gasteiger partial charge in [-0.25, -0.2) is 8.42 Å². The first kappa shape index (κ1) is 29.3. The average Bonchev–Trinajstić information content (AvgIpc) is 2.94. The van der Waals surface area contributed by atoms with Gasteiger partial charge in [0, 0.05) is 25.2 Å². The van der Waals surface area contributed by atoms with Crippen molar-refractivity contribution in [1.82, 2.24) is 10.2 Å². The van der Waals surface area contributed by atoms with Crippen molar-refractivity contribution in [2.75, 3.05) is 17.4 Å². The van der Waals surface area contributed by atoms with Crippen LogP contribution in [0, 0.1) is 17.0 Å². The molecule has 0 radical (unpaired) electrons. The standard InChI is InChI=1S/C28H32N4O6S/c1-4-18-29-28(34)22(3)30(19-23-11-9-8-10-21(23)2)27(33)20-31(24-14-16-25(17-15-24)32(35)36)39(37,38)26-12-6-5-7-13-26/h5-17,22H,4,18-20H2,1-3H3,(H,29,34). The summed E-state index contributed by atoms with van der Waals surface area (Å²) in [4.78, 5) is 38.6. The maximum atomic E-state index is 13.8. The smallest absolute Gasteiger partial charge is 0.269 e. The Morgan fingerprint density at radius 3 is 2.18 bits per heavy atom. The number of aryl methyl sites for hydroxylation is 1. The zero-order chi connectivity index (χ0) is 28.6. The normalized spacial score (nSPS) is 11.9. The number of nitro benzene ring substituents is 1. The second kappa shape index (κ2) is 13.0. The molecule has 0 bridgehead atoms. The Morgan fingerprint density at radius 2 is 1.59 bits per heavy atom. The molecule has 3 aromatic carbocycles. The van der Waals surface area contributed by atoms with Gasteiger partial charge in [0.25, 0.3) is 15.7 Å². The maximum absolute atomic E-state index is 13.8. The molecule has 0 heterocycles. The third-order valence-electron chi connectivity index (χ3n) is 6.28. The van der Waals surface area contributed by atoms with E-state index in [2.05, 4.69) is 5.32 Å². The number of non-ortho nitro benzene ring substituents is 1. The lowest BCUT2D eigenvalue weighted by atomic mass is 10.1. The van der Waals surface area contributed by atoms with Crippen molar-refractivity contribution in [1.29, 1.82) is 0 Å². The van der Waals surface area contributed by atoms with E-state index in [4.69, 9.17) is 0 Å². The van der Waals surface area contributed by atoms with Gasteiger partial charge in [-0.05, 0) is 55.7 Å².